The van der Waals surface area contributed by atoms with Crippen molar-refractivity contribution in [3.05, 3.63) is 76.0 Å². The van der Waals surface area contributed by atoms with Crippen molar-refractivity contribution in [1.29, 1.82) is 0 Å². The van der Waals surface area contributed by atoms with Gasteiger partial charge in [-0.2, -0.15) is 0 Å². The fraction of sp³-hybridized carbons (Fsp3) is 0.286. The van der Waals surface area contributed by atoms with Crippen LogP contribution >= 0.6 is 11.8 Å². The largest absolute Gasteiger partial charge is 0.349 e. The number of aromatic nitrogens is 3. The first-order valence-corrected chi connectivity index (χ1v) is 10.3. The first kappa shape index (κ1) is 21.5. The normalized spacial score (nSPS) is 10.9. The van der Waals surface area contributed by atoms with E-state index in [9.17, 15) is 14.9 Å². The molecular formula is C21H23N5O3S. The predicted octanol–water partition coefficient (Wildman–Crippen LogP) is 4.15. The summed E-state index contributed by atoms with van der Waals surface area (Å²) in [7, 11) is 0. The van der Waals surface area contributed by atoms with E-state index >= 15 is 0 Å². The van der Waals surface area contributed by atoms with Crippen LogP contribution in [0, 0.1) is 10.1 Å². The average Bonchev–Trinajstić information content (AvgIpc) is 3.05. The van der Waals surface area contributed by atoms with Crippen LogP contribution in [0.5, 0.6) is 0 Å². The standard InChI is InChI=1S/C21H23N5O3S/c1-14(2)20-21(30-18-8-4-7-17(10-18)26(28)29)25(13-16-6-5-9-22-11-16)19(24-20)12-23-15(3)27/h4-11,14H,12-13H2,1-3H3,(H,23,27). The highest BCUT2D eigenvalue weighted by Gasteiger charge is 2.21. The lowest BCUT2D eigenvalue weighted by atomic mass is 10.1. The summed E-state index contributed by atoms with van der Waals surface area (Å²) in [6.07, 6.45) is 3.51. The molecule has 1 N–H and O–H groups in total. The molecule has 0 bridgehead atoms. The molecule has 0 saturated carbocycles. The van der Waals surface area contributed by atoms with Crippen LogP contribution in [0.2, 0.25) is 0 Å². The third kappa shape index (κ3) is 5.24. The zero-order valence-corrected chi connectivity index (χ0v) is 17.8. The third-order valence-electron chi connectivity index (χ3n) is 4.37. The van der Waals surface area contributed by atoms with Crippen LogP contribution in [0.25, 0.3) is 0 Å². The summed E-state index contributed by atoms with van der Waals surface area (Å²) in [5, 5.41) is 14.9. The van der Waals surface area contributed by atoms with E-state index in [4.69, 9.17) is 4.98 Å². The van der Waals surface area contributed by atoms with Crippen molar-refractivity contribution in [2.75, 3.05) is 0 Å². The van der Waals surface area contributed by atoms with Gasteiger partial charge < -0.3 is 9.88 Å². The lowest BCUT2D eigenvalue weighted by Crippen LogP contribution is -2.22. The SMILES string of the molecule is CC(=O)NCc1nc(C(C)C)c(Sc2cccc([N+](=O)[O-])c2)n1Cc1cccnc1. The molecule has 0 radical (unpaired) electrons. The minimum atomic E-state index is -0.400. The van der Waals surface area contributed by atoms with Gasteiger partial charge in [0.2, 0.25) is 5.91 Å². The van der Waals surface area contributed by atoms with Gasteiger partial charge in [0.05, 0.1) is 23.7 Å². The van der Waals surface area contributed by atoms with Crippen LogP contribution in [0.4, 0.5) is 5.69 Å². The minimum Gasteiger partial charge on any atom is -0.349 e. The van der Waals surface area contributed by atoms with Crippen LogP contribution in [0.3, 0.4) is 0 Å². The van der Waals surface area contributed by atoms with E-state index in [0.717, 1.165) is 27.0 Å². The van der Waals surface area contributed by atoms with Crippen molar-refractivity contribution in [3.63, 3.8) is 0 Å². The molecule has 8 nitrogen and oxygen atoms in total. The number of nitro groups is 1. The number of hydrogen-bond donors (Lipinski definition) is 1. The number of hydrogen-bond acceptors (Lipinski definition) is 6. The maximum Gasteiger partial charge on any atom is 0.270 e. The Hall–Kier alpha value is -3.20. The molecule has 0 aliphatic carbocycles. The van der Waals surface area contributed by atoms with Gasteiger partial charge in [0, 0.05) is 36.3 Å². The van der Waals surface area contributed by atoms with Crippen LogP contribution < -0.4 is 5.32 Å². The second kappa shape index (κ2) is 9.53. The predicted molar refractivity (Wildman–Crippen MR) is 114 cm³/mol. The molecule has 0 unspecified atom stereocenters. The van der Waals surface area contributed by atoms with E-state index in [2.05, 4.69) is 24.1 Å². The summed E-state index contributed by atoms with van der Waals surface area (Å²) in [5.41, 5.74) is 1.92. The second-order valence-electron chi connectivity index (χ2n) is 7.09. The van der Waals surface area contributed by atoms with Gasteiger partial charge in [0.15, 0.2) is 0 Å². The van der Waals surface area contributed by atoms with Gasteiger partial charge in [-0.25, -0.2) is 4.98 Å². The molecule has 30 heavy (non-hydrogen) atoms. The minimum absolute atomic E-state index is 0.0443. The summed E-state index contributed by atoms with van der Waals surface area (Å²) in [6.45, 7) is 6.40. The Morgan fingerprint density at radius 3 is 2.73 bits per heavy atom. The Kier molecular flexibility index (Phi) is 6.83. The smallest absolute Gasteiger partial charge is 0.270 e. The van der Waals surface area contributed by atoms with Gasteiger partial charge in [-0.15, -0.1) is 0 Å². The maximum absolute atomic E-state index is 11.5. The molecule has 0 fully saturated rings. The lowest BCUT2D eigenvalue weighted by molar-refractivity contribution is -0.385. The summed E-state index contributed by atoms with van der Waals surface area (Å²) in [6, 6.07) is 10.4. The van der Waals surface area contributed by atoms with Crippen molar-refractivity contribution in [2.24, 2.45) is 0 Å². The number of pyridine rings is 1. The molecule has 2 heterocycles. The number of nitro benzene ring substituents is 1. The number of carbonyl (C=O) groups excluding carboxylic acids is 1. The monoisotopic (exact) mass is 425 g/mol. The molecule has 1 aromatic carbocycles. The Balaban J connectivity index is 2.06. The Morgan fingerprint density at radius 2 is 2.10 bits per heavy atom. The third-order valence-corrected chi connectivity index (χ3v) is 5.49. The Bertz CT molecular complexity index is 1050. The molecule has 9 heteroatoms. The van der Waals surface area contributed by atoms with E-state index in [0.29, 0.717) is 13.1 Å². The van der Waals surface area contributed by atoms with Crippen molar-refractivity contribution in [1.82, 2.24) is 19.9 Å². The molecule has 156 valence electrons. The molecule has 0 aliphatic heterocycles. The van der Waals surface area contributed by atoms with Gasteiger partial charge >= 0.3 is 0 Å². The highest BCUT2D eigenvalue weighted by atomic mass is 32.2. The highest BCUT2D eigenvalue weighted by Crippen LogP contribution is 2.36. The second-order valence-corrected chi connectivity index (χ2v) is 8.15. The average molecular weight is 426 g/mol. The van der Waals surface area contributed by atoms with Crippen LogP contribution in [-0.2, 0) is 17.9 Å². The van der Waals surface area contributed by atoms with E-state index in [1.165, 1.54) is 24.8 Å². The fourth-order valence-corrected chi connectivity index (χ4v) is 4.15. The van der Waals surface area contributed by atoms with E-state index < -0.39 is 4.92 Å². The number of rotatable bonds is 8. The van der Waals surface area contributed by atoms with Gasteiger partial charge in [0.25, 0.3) is 5.69 Å². The molecule has 0 aliphatic rings. The van der Waals surface area contributed by atoms with Crippen molar-refractivity contribution < 1.29 is 9.72 Å². The topological polar surface area (TPSA) is 103 Å². The number of benzene rings is 1. The Labute approximate surface area is 178 Å². The van der Waals surface area contributed by atoms with Crippen LogP contribution in [0.15, 0.2) is 58.7 Å². The van der Waals surface area contributed by atoms with Gasteiger partial charge in [-0.05, 0) is 23.6 Å². The summed E-state index contributed by atoms with van der Waals surface area (Å²) < 4.78 is 2.05. The molecule has 3 aromatic rings. The molecule has 3 rings (SSSR count). The maximum atomic E-state index is 11.5. The molecule has 0 spiro atoms. The molecule has 0 atom stereocenters. The number of carbonyl (C=O) groups is 1. The van der Waals surface area contributed by atoms with E-state index in [1.54, 1.807) is 24.5 Å². The lowest BCUT2D eigenvalue weighted by Gasteiger charge is -2.13. The number of amides is 1. The number of imidazole rings is 1. The van der Waals surface area contributed by atoms with Crippen molar-refractivity contribution in [2.45, 2.75) is 49.7 Å². The summed E-state index contributed by atoms with van der Waals surface area (Å²) >= 11 is 1.44. The van der Waals surface area contributed by atoms with Gasteiger partial charge in [0.1, 0.15) is 10.9 Å². The van der Waals surface area contributed by atoms with E-state index in [1.807, 2.05) is 22.8 Å². The Morgan fingerprint density at radius 1 is 1.30 bits per heavy atom. The molecular weight excluding hydrogens is 402 g/mol. The van der Waals surface area contributed by atoms with Crippen molar-refractivity contribution in [3.8, 4) is 0 Å². The van der Waals surface area contributed by atoms with Crippen molar-refractivity contribution >= 4 is 23.4 Å². The zero-order chi connectivity index (χ0) is 21.7. The molecule has 0 saturated heterocycles. The highest BCUT2D eigenvalue weighted by molar-refractivity contribution is 7.99. The summed E-state index contributed by atoms with van der Waals surface area (Å²) in [5.74, 6) is 0.730. The molecule has 2 aromatic heterocycles. The first-order valence-electron chi connectivity index (χ1n) is 9.50. The van der Waals surface area contributed by atoms with Gasteiger partial charge in [-0.3, -0.25) is 19.9 Å². The molecule has 1 amide bonds. The van der Waals surface area contributed by atoms with E-state index in [-0.39, 0.29) is 17.5 Å². The quantitative estimate of drug-likeness (QED) is 0.430. The first-order chi connectivity index (χ1) is 14.3. The van der Waals surface area contributed by atoms with Gasteiger partial charge in [-0.1, -0.05) is 37.7 Å². The summed E-state index contributed by atoms with van der Waals surface area (Å²) in [4.78, 5) is 32.0. The van der Waals surface area contributed by atoms with Crippen LogP contribution in [0.1, 0.15) is 43.8 Å². The fourth-order valence-electron chi connectivity index (χ4n) is 2.93. The number of nitrogens with zero attached hydrogens (tertiary/aromatic N) is 4. The zero-order valence-electron chi connectivity index (χ0n) is 17.0. The number of nitrogens with one attached hydrogen (secondary N) is 1. The van der Waals surface area contributed by atoms with Crippen LogP contribution in [-0.4, -0.2) is 25.4 Å². The number of non-ortho nitro benzene ring substituents is 1.